The van der Waals surface area contributed by atoms with Gasteiger partial charge in [-0.15, -0.1) is 0 Å². The molecule has 2 aromatic rings. The van der Waals surface area contributed by atoms with Crippen molar-refractivity contribution in [2.24, 2.45) is 0 Å². The Morgan fingerprint density at radius 2 is 1.41 bits per heavy atom. The monoisotopic (exact) mass is 442 g/mol. The summed E-state index contributed by atoms with van der Waals surface area (Å²) < 4.78 is 27.8. The van der Waals surface area contributed by atoms with Crippen molar-refractivity contribution >= 4 is 6.03 Å². The standard InChI is InChI=1S/C25H32F2N4O/c1-2-23(29-11-3-4-12-29)30-13-15-31(16-14-30)25(32)28-24(19-7-5-9-21(26)17-19)20-8-6-10-22(27)18-20/h5-10,17-18,23-24H,2-4,11-16H2,1H3,(H,28,32). The van der Waals surface area contributed by atoms with Gasteiger partial charge in [-0.25, -0.2) is 13.6 Å². The van der Waals surface area contributed by atoms with Crippen molar-refractivity contribution in [2.75, 3.05) is 39.3 Å². The average molecular weight is 443 g/mol. The second-order valence-corrected chi connectivity index (χ2v) is 8.65. The van der Waals surface area contributed by atoms with E-state index in [0.717, 1.165) is 32.6 Å². The lowest BCUT2D eigenvalue weighted by molar-refractivity contribution is 0.0247. The summed E-state index contributed by atoms with van der Waals surface area (Å²) in [6.45, 7) is 7.46. The zero-order valence-corrected chi connectivity index (χ0v) is 18.6. The number of urea groups is 1. The topological polar surface area (TPSA) is 38.8 Å². The number of hydrogen-bond acceptors (Lipinski definition) is 3. The Hall–Kier alpha value is -2.51. The van der Waals surface area contributed by atoms with E-state index in [1.54, 1.807) is 29.2 Å². The first-order valence-electron chi connectivity index (χ1n) is 11.6. The van der Waals surface area contributed by atoms with Crippen LogP contribution in [-0.4, -0.2) is 66.2 Å². The molecule has 2 heterocycles. The van der Waals surface area contributed by atoms with Gasteiger partial charge in [0, 0.05) is 26.2 Å². The fraction of sp³-hybridized carbons (Fsp3) is 0.480. The molecule has 2 aromatic carbocycles. The zero-order valence-electron chi connectivity index (χ0n) is 18.6. The van der Waals surface area contributed by atoms with Gasteiger partial charge in [-0.1, -0.05) is 31.2 Å². The van der Waals surface area contributed by atoms with Crippen LogP contribution in [0.4, 0.5) is 13.6 Å². The van der Waals surface area contributed by atoms with E-state index in [4.69, 9.17) is 0 Å². The molecule has 4 rings (SSSR count). The maximum atomic E-state index is 13.9. The molecule has 2 amide bonds. The third-order valence-electron chi connectivity index (χ3n) is 6.58. The van der Waals surface area contributed by atoms with Crippen molar-refractivity contribution < 1.29 is 13.6 Å². The Morgan fingerprint density at radius 3 is 1.91 bits per heavy atom. The van der Waals surface area contributed by atoms with Gasteiger partial charge in [0.05, 0.1) is 12.2 Å². The Balaban J connectivity index is 1.43. The Labute approximate surface area is 189 Å². The van der Waals surface area contributed by atoms with Gasteiger partial charge in [0.2, 0.25) is 0 Å². The molecule has 1 N–H and O–H groups in total. The van der Waals surface area contributed by atoms with Crippen LogP contribution in [0.2, 0.25) is 0 Å². The highest BCUT2D eigenvalue weighted by molar-refractivity contribution is 5.75. The van der Waals surface area contributed by atoms with Crippen LogP contribution < -0.4 is 5.32 Å². The smallest absolute Gasteiger partial charge is 0.318 e. The lowest BCUT2D eigenvalue weighted by atomic mass is 9.98. The lowest BCUT2D eigenvalue weighted by Gasteiger charge is -2.42. The molecule has 0 radical (unpaired) electrons. The van der Waals surface area contributed by atoms with Crippen LogP contribution in [0.15, 0.2) is 48.5 Å². The number of nitrogens with zero attached hydrogens (tertiary/aromatic N) is 3. The number of nitrogens with one attached hydrogen (secondary N) is 1. The van der Waals surface area contributed by atoms with E-state index in [1.807, 2.05) is 0 Å². The van der Waals surface area contributed by atoms with E-state index >= 15 is 0 Å². The highest BCUT2D eigenvalue weighted by Crippen LogP contribution is 2.24. The minimum atomic E-state index is -0.625. The fourth-order valence-electron chi connectivity index (χ4n) is 4.96. The van der Waals surface area contributed by atoms with Crippen LogP contribution in [-0.2, 0) is 0 Å². The molecule has 2 aliphatic heterocycles. The van der Waals surface area contributed by atoms with E-state index in [0.29, 0.717) is 30.4 Å². The molecule has 2 saturated heterocycles. The van der Waals surface area contributed by atoms with Crippen LogP contribution in [0.1, 0.15) is 43.4 Å². The molecule has 0 bridgehead atoms. The summed E-state index contributed by atoms with van der Waals surface area (Å²) in [5, 5.41) is 3.01. The van der Waals surface area contributed by atoms with Crippen LogP contribution in [0, 0.1) is 11.6 Å². The van der Waals surface area contributed by atoms with Crippen molar-refractivity contribution in [1.82, 2.24) is 20.0 Å². The summed E-state index contributed by atoms with van der Waals surface area (Å²) in [7, 11) is 0. The van der Waals surface area contributed by atoms with Gasteiger partial charge in [-0.2, -0.15) is 0 Å². The number of rotatable bonds is 6. The van der Waals surface area contributed by atoms with Gasteiger partial charge in [-0.3, -0.25) is 9.80 Å². The SMILES string of the molecule is CCC(N1CCCC1)N1CCN(C(=O)NC(c2cccc(F)c2)c2cccc(F)c2)CC1. The summed E-state index contributed by atoms with van der Waals surface area (Å²) in [6.07, 6.45) is 4.05. The molecule has 2 fully saturated rings. The van der Waals surface area contributed by atoms with E-state index in [-0.39, 0.29) is 17.7 Å². The van der Waals surface area contributed by atoms with E-state index in [1.165, 1.54) is 37.1 Å². The van der Waals surface area contributed by atoms with Gasteiger partial charge in [0.1, 0.15) is 11.6 Å². The van der Waals surface area contributed by atoms with Gasteiger partial charge >= 0.3 is 6.03 Å². The normalized spacial score (nSPS) is 18.8. The van der Waals surface area contributed by atoms with Crippen LogP contribution in [0.3, 0.4) is 0 Å². The number of likely N-dealkylation sites (tertiary alicyclic amines) is 1. The van der Waals surface area contributed by atoms with Crippen molar-refractivity contribution in [3.63, 3.8) is 0 Å². The molecular formula is C25H32F2N4O. The van der Waals surface area contributed by atoms with Gasteiger partial charge < -0.3 is 10.2 Å². The highest BCUT2D eigenvalue weighted by atomic mass is 19.1. The molecule has 0 aliphatic carbocycles. The minimum absolute atomic E-state index is 0.211. The minimum Gasteiger partial charge on any atom is -0.327 e. The molecule has 0 aromatic heterocycles. The summed E-state index contributed by atoms with van der Waals surface area (Å²) in [5.41, 5.74) is 1.17. The molecule has 0 spiro atoms. The number of hydrogen-bond donors (Lipinski definition) is 1. The van der Waals surface area contributed by atoms with Crippen LogP contribution in [0.25, 0.3) is 0 Å². The third-order valence-corrected chi connectivity index (χ3v) is 6.58. The largest absolute Gasteiger partial charge is 0.327 e. The van der Waals surface area contributed by atoms with Crippen molar-refractivity contribution in [1.29, 1.82) is 0 Å². The molecular weight excluding hydrogens is 410 g/mol. The number of amides is 2. The third kappa shape index (κ3) is 5.27. The first kappa shape index (κ1) is 22.7. The molecule has 7 heteroatoms. The van der Waals surface area contributed by atoms with E-state index in [9.17, 15) is 13.6 Å². The first-order valence-corrected chi connectivity index (χ1v) is 11.6. The van der Waals surface area contributed by atoms with Gasteiger partial charge in [0.25, 0.3) is 0 Å². The summed E-state index contributed by atoms with van der Waals surface area (Å²) in [4.78, 5) is 20.0. The summed E-state index contributed by atoms with van der Waals surface area (Å²) >= 11 is 0. The van der Waals surface area contributed by atoms with Crippen molar-refractivity contribution in [2.45, 2.75) is 38.4 Å². The van der Waals surface area contributed by atoms with Crippen molar-refractivity contribution in [3.8, 4) is 0 Å². The lowest BCUT2D eigenvalue weighted by Crippen LogP contribution is -2.57. The number of halogens is 2. The molecule has 172 valence electrons. The summed E-state index contributed by atoms with van der Waals surface area (Å²) in [6, 6.07) is 11.4. The fourth-order valence-corrected chi connectivity index (χ4v) is 4.96. The molecule has 0 saturated carbocycles. The molecule has 32 heavy (non-hydrogen) atoms. The second-order valence-electron chi connectivity index (χ2n) is 8.65. The average Bonchev–Trinajstić information content (AvgIpc) is 3.33. The summed E-state index contributed by atoms with van der Waals surface area (Å²) in [5.74, 6) is -0.779. The van der Waals surface area contributed by atoms with Gasteiger partial charge in [-0.05, 0) is 67.7 Å². The molecule has 1 atom stereocenters. The predicted octanol–water partition coefficient (Wildman–Crippen LogP) is 4.21. The number of carbonyl (C=O) groups is 1. The molecule has 1 unspecified atom stereocenters. The Bertz CT molecular complexity index is 865. The van der Waals surface area contributed by atoms with E-state index in [2.05, 4.69) is 22.0 Å². The molecule has 5 nitrogen and oxygen atoms in total. The number of carbonyl (C=O) groups excluding carboxylic acids is 1. The van der Waals surface area contributed by atoms with Crippen LogP contribution in [0.5, 0.6) is 0 Å². The maximum absolute atomic E-state index is 13.9. The van der Waals surface area contributed by atoms with Crippen molar-refractivity contribution in [3.05, 3.63) is 71.3 Å². The van der Waals surface area contributed by atoms with E-state index < -0.39 is 6.04 Å². The number of benzene rings is 2. The number of piperazine rings is 1. The second kappa shape index (κ2) is 10.4. The quantitative estimate of drug-likeness (QED) is 0.728. The maximum Gasteiger partial charge on any atom is 0.318 e. The zero-order chi connectivity index (χ0) is 22.5. The Kier molecular flexibility index (Phi) is 7.37. The Morgan fingerprint density at radius 1 is 0.875 bits per heavy atom. The predicted molar refractivity (Wildman–Crippen MR) is 121 cm³/mol. The first-order chi connectivity index (χ1) is 15.5. The van der Waals surface area contributed by atoms with Crippen LogP contribution >= 0.6 is 0 Å². The highest BCUT2D eigenvalue weighted by Gasteiger charge is 2.31. The van der Waals surface area contributed by atoms with Gasteiger partial charge in [0.15, 0.2) is 0 Å². The molecule has 2 aliphatic rings.